The lowest BCUT2D eigenvalue weighted by Gasteiger charge is -2.35. The monoisotopic (exact) mass is 432 g/mol. The van der Waals surface area contributed by atoms with Gasteiger partial charge in [0.2, 0.25) is 11.8 Å². The number of likely N-dealkylation sites (N-methyl/N-ethyl adjacent to an activating group) is 1. The van der Waals surface area contributed by atoms with Crippen molar-refractivity contribution >= 4 is 45.0 Å². The number of imide groups is 1. The van der Waals surface area contributed by atoms with Gasteiger partial charge >= 0.3 is 0 Å². The molecule has 2 aromatic rings. The molecule has 2 aliphatic rings. The summed E-state index contributed by atoms with van der Waals surface area (Å²) in [4.78, 5) is 28.2. The molecule has 0 radical (unpaired) electrons. The lowest BCUT2D eigenvalue weighted by molar-refractivity contribution is -0.121. The van der Waals surface area contributed by atoms with Crippen molar-refractivity contribution in [2.45, 2.75) is 25.3 Å². The van der Waals surface area contributed by atoms with Crippen molar-refractivity contribution in [3.05, 3.63) is 62.6 Å². The summed E-state index contributed by atoms with van der Waals surface area (Å²) in [5.41, 5.74) is 4.02. The van der Waals surface area contributed by atoms with E-state index in [0.717, 1.165) is 28.7 Å². The summed E-state index contributed by atoms with van der Waals surface area (Å²) in [6.45, 7) is 1.63. The van der Waals surface area contributed by atoms with Crippen LogP contribution in [0, 0.1) is 0 Å². The summed E-state index contributed by atoms with van der Waals surface area (Å²) in [6, 6.07) is 11.6. The molecule has 0 aromatic heterocycles. The topological polar surface area (TPSA) is 40.6 Å². The Balaban J connectivity index is 1.88. The van der Waals surface area contributed by atoms with Crippen LogP contribution < -0.4 is 4.90 Å². The van der Waals surface area contributed by atoms with Gasteiger partial charge in [-0.15, -0.1) is 0 Å². The van der Waals surface area contributed by atoms with Crippen LogP contribution in [0.1, 0.15) is 35.4 Å². The fourth-order valence-corrected chi connectivity index (χ4v) is 4.90. The van der Waals surface area contributed by atoms with E-state index >= 15 is 0 Å². The minimum atomic E-state index is -0.126. The Morgan fingerprint density at radius 3 is 2.50 bits per heavy atom. The Morgan fingerprint density at radius 1 is 1.08 bits per heavy atom. The molecule has 0 spiro atoms. The van der Waals surface area contributed by atoms with E-state index in [9.17, 15) is 9.59 Å². The van der Waals surface area contributed by atoms with Crippen LogP contribution in [-0.2, 0) is 16.1 Å². The van der Waals surface area contributed by atoms with E-state index in [1.165, 1.54) is 10.5 Å². The molecular weight excluding hydrogens is 416 g/mol. The van der Waals surface area contributed by atoms with Crippen LogP contribution in [0.25, 0.3) is 0 Å². The molecule has 2 heterocycles. The summed E-state index contributed by atoms with van der Waals surface area (Å²) < 4.78 is 0.988. The Morgan fingerprint density at radius 2 is 1.77 bits per heavy atom. The Labute approximate surface area is 165 Å². The van der Waals surface area contributed by atoms with Crippen molar-refractivity contribution in [1.82, 2.24) is 4.90 Å². The normalized spacial score (nSPS) is 20.6. The highest BCUT2D eigenvalue weighted by Gasteiger charge is 2.35. The van der Waals surface area contributed by atoms with Gasteiger partial charge in [-0.1, -0.05) is 45.7 Å². The fourth-order valence-electron chi connectivity index (χ4n) is 3.94. The average Bonchev–Trinajstić information content (AvgIpc) is 2.93. The van der Waals surface area contributed by atoms with Crippen molar-refractivity contribution in [2.75, 3.05) is 18.5 Å². The standard InChI is InChI=1S/C20H18BrClN2O2/c1-23-10-15(14-8-12(22)9-17(21)16(14)11-23)13-4-2-3-5-18(13)24-19(25)6-7-20(24)26/h2-5,8-9,15H,6-7,10-11H2,1H3/t15-/m0/s1. The van der Waals surface area contributed by atoms with Gasteiger partial charge in [0.05, 0.1) is 5.69 Å². The average molecular weight is 434 g/mol. The zero-order valence-corrected chi connectivity index (χ0v) is 16.7. The molecule has 134 valence electrons. The molecule has 1 fully saturated rings. The number of amides is 2. The molecule has 2 aliphatic heterocycles. The molecule has 0 saturated carbocycles. The zero-order chi connectivity index (χ0) is 18.4. The SMILES string of the molecule is CN1Cc2c(Br)cc(Cl)cc2[C@H](c2ccccc2N2C(=O)CCC2=O)C1. The minimum Gasteiger partial charge on any atom is -0.301 e. The predicted octanol–water partition coefficient (Wildman–Crippen LogP) is 4.33. The molecule has 0 aliphatic carbocycles. The lowest BCUT2D eigenvalue weighted by Crippen LogP contribution is -2.34. The second-order valence-electron chi connectivity index (χ2n) is 6.89. The molecule has 4 nitrogen and oxygen atoms in total. The Hall–Kier alpha value is -1.69. The van der Waals surface area contributed by atoms with Gasteiger partial charge in [-0.05, 0) is 41.9 Å². The summed E-state index contributed by atoms with van der Waals surface area (Å²) in [5, 5.41) is 0.677. The maximum Gasteiger partial charge on any atom is 0.234 e. The molecule has 0 unspecified atom stereocenters. The van der Waals surface area contributed by atoms with Gasteiger partial charge in [0.15, 0.2) is 0 Å². The van der Waals surface area contributed by atoms with E-state index in [-0.39, 0.29) is 30.6 Å². The fraction of sp³-hybridized carbons (Fsp3) is 0.300. The summed E-state index contributed by atoms with van der Waals surface area (Å²) in [7, 11) is 2.08. The largest absolute Gasteiger partial charge is 0.301 e. The molecule has 2 aromatic carbocycles. The van der Waals surface area contributed by atoms with Crippen LogP contribution >= 0.6 is 27.5 Å². The molecule has 0 N–H and O–H groups in total. The van der Waals surface area contributed by atoms with Crippen molar-refractivity contribution in [3.8, 4) is 0 Å². The number of halogens is 2. The van der Waals surface area contributed by atoms with Gasteiger partial charge in [-0.3, -0.25) is 14.5 Å². The van der Waals surface area contributed by atoms with Crippen LogP contribution in [0.2, 0.25) is 5.02 Å². The van der Waals surface area contributed by atoms with Crippen LogP contribution in [0.5, 0.6) is 0 Å². The van der Waals surface area contributed by atoms with E-state index in [2.05, 4.69) is 27.9 Å². The minimum absolute atomic E-state index is 0.0381. The van der Waals surface area contributed by atoms with Gasteiger partial charge in [0.25, 0.3) is 0 Å². The number of hydrogen-bond acceptors (Lipinski definition) is 3. The summed E-state index contributed by atoms with van der Waals surface area (Å²) in [5.74, 6) is -0.214. The second kappa shape index (κ2) is 6.80. The quantitative estimate of drug-likeness (QED) is 0.662. The van der Waals surface area contributed by atoms with E-state index in [1.54, 1.807) is 0 Å². The van der Waals surface area contributed by atoms with Crippen molar-refractivity contribution in [1.29, 1.82) is 0 Å². The number of para-hydroxylation sites is 1. The molecular formula is C20H18BrClN2O2. The molecule has 1 saturated heterocycles. The highest BCUT2D eigenvalue weighted by atomic mass is 79.9. The lowest BCUT2D eigenvalue weighted by atomic mass is 9.84. The molecule has 4 rings (SSSR count). The molecule has 1 atom stereocenters. The first-order chi connectivity index (χ1) is 12.5. The van der Waals surface area contributed by atoms with E-state index in [4.69, 9.17) is 11.6 Å². The molecule has 0 bridgehead atoms. The van der Waals surface area contributed by atoms with Crippen LogP contribution in [0.15, 0.2) is 40.9 Å². The number of carbonyl (C=O) groups excluding carboxylic acids is 2. The predicted molar refractivity (Wildman–Crippen MR) is 105 cm³/mol. The van der Waals surface area contributed by atoms with E-state index < -0.39 is 0 Å². The van der Waals surface area contributed by atoms with Gasteiger partial charge < -0.3 is 4.90 Å². The van der Waals surface area contributed by atoms with E-state index in [0.29, 0.717) is 10.7 Å². The number of anilines is 1. The second-order valence-corrected chi connectivity index (χ2v) is 8.18. The van der Waals surface area contributed by atoms with Crippen molar-refractivity contribution < 1.29 is 9.59 Å². The van der Waals surface area contributed by atoms with Gasteiger partial charge in [-0.25, -0.2) is 0 Å². The zero-order valence-electron chi connectivity index (χ0n) is 14.3. The summed E-state index contributed by atoms with van der Waals surface area (Å²) >= 11 is 9.96. The Kier molecular flexibility index (Phi) is 4.63. The molecule has 6 heteroatoms. The maximum absolute atomic E-state index is 12.3. The van der Waals surface area contributed by atoms with Gasteiger partial charge in [0.1, 0.15) is 0 Å². The highest BCUT2D eigenvalue weighted by Crippen LogP contribution is 2.42. The molecule has 2 amide bonds. The third kappa shape index (κ3) is 2.98. The first kappa shape index (κ1) is 17.7. The van der Waals surface area contributed by atoms with Crippen LogP contribution in [0.4, 0.5) is 5.69 Å². The van der Waals surface area contributed by atoms with Crippen molar-refractivity contribution in [3.63, 3.8) is 0 Å². The van der Waals surface area contributed by atoms with Crippen LogP contribution in [-0.4, -0.2) is 30.3 Å². The van der Waals surface area contributed by atoms with Gasteiger partial charge in [0, 0.05) is 41.3 Å². The third-order valence-electron chi connectivity index (χ3n) is 5.10. The number of hydrogen-bond donors (Lipinski definition) is 0. The number of fused-ring (bicyclic) bond motifs is 1. The third-order valence-corrected chi connectivity index (χ3v) is 6.02. The number of benzene rings is 2. The van der Waals surface area contributed by atoms with Crippen molar-refractivity contribution in [2.24, 2.45) is 0 Å². The number of nitrogens with zero attached hydrogens (tertiary/aromatic N) is 2. The van der Waals surface area contributed by atoms with Crippen LogP contribution in [0.3, 0.4) is 0 Å². The smallest absolute Gasteiger partial charge is 0.234 e. The molecule has 26 heavy (non-hydrogen) atoms. The Bertz CT molecular complexity index is 899. The highest BCUT2D eigenvalue weighted by molar-refractivity contribution is 9.10. The first-order valence-corrected chi connectivity index (χ1v) is 9.74. The summed E-state index contributed by atoms with van der Waals surface area (Å²) in [6.07, 6.45) is 0.567. The number of rotatable bonds is 2. The van der Waals surface area contributed by atoms with Gasteiger partial charge in [-0.2, -0.15) is 0 Å². The maximum atomic E-state index is 12.3. The van der Waals surface area contributed by atoms with E-state index in [1.807, 2.05) is 36.4 Å². The number of carbonyl (C=O) groups is 2. The first-order valence-electron chi connectivity index (χ1n) is 8.57.